The summed E-state index contributed by atoms with van der Waals surface area (Å²) in [5, 5.41) is 0. The van der Waals surface area contributed by atoms with Crippen molar-refractivity contribution < 1.29 is 23.8 Å². The zero-order valence-electron chi connectivity index (χ0n) is 16.8. The zero-order chi connectivity index (χ0) is 20.9. The van der Waals surface area contributed by atoms with Crippen molar-refractivity contribution in [2.24, 2.45) is 0 Å². The van der Waals surface area contributed by atoms with Crippen LogP contribution in [-0.4, -0.2) is 25.2 Å². The molecule has 0 fully saturated rings. The molecule has 2 rings (SSSR count). The summed E-state index contributed by atoms with van der Waals surface area (Å²) in [6.45, 7) is 5.40. The van der Waals surface area contributed by atoms with Gasteiger partial charge in [-0.15, -0.1) is 0 Å². The van der Waals surface area contributed by atoms with Gasteiger partial charge in [-0.3, -0.25) is 0 Å². The Morgan fingerprint density at radius 1 is 0.690 bits per heavy atom. The van der Waals surface area contributed by atoms with E-state index >= 15 is 0 Å². The van der Waals surface area contributed by atoms with E-state index < -0.39 is 11.9 Å². The van der Waals surface area contributed by atoms with Crippen molar-refractivity contribution in [1.29, 1.82) is 0 Å². The van der Waals surface area contributed by atoms with E-state index in [-0.39, 0.29) is 0 Å². The molecule has 0 radical (unpaired) electrons. The topological polar surface area (TPSA) is 61.8 Å². The molecule has 0 aliphatic carbocycles. The Kier molecular flexibility index (Phi) is 9.22. The molecule has 0 N–H and O–H groups in total. The summed E-state index contributed by atoms with van der Waals surface area (Å²) in [5.74, 6) is 0.0947. The summed E-state index contributed by atoms with van der Waals surface area (Å²) < 4.78 is 15.7. The number of carbonyl (C=O) groups is 2. The molecule has 0 heterocycles. The first-order valence-corrected chi connectivity index (χ1v) is 9.68. The van der Waals surface area contributed by atoms with Crippen LogP contribution in [0.4, 0.5) is 0 Å². The van der Waals surface area contributed by atoms with Crippen molar-refractivity contribution in [3.8, 4) is 11.5 Å². The molecule has 29 heavy (non-hydrogen) atoms. The average Bonchev–Trinajstić information content (AvgIpc) is 2.74. The summed E-state index contributed by atoms with van der Waals surface area (Å²) in [4.78, 5) is 23.6. The van der Waals surface area contributed by atoms with Gasteiger partial charge in [0.15, 0.2) is 0 Å². The molecule has 2 aromatic rings. The summed E-state index contributed by atoms with van der Waals surface area (Å²) in [7, 11) is 0. The van der Waals surface area contributed by atoms with Gasteiger partial charge >= 0.3 is 11.9 Å². The van der Waals surface area contributed by atoms with Gasteiger partial charge in [0.1, 0.15) is 11.5 Å². The predicted octanol–water partition coefficient (Wildman–Crippen LogP) is 5.06. The highest BCUT2D eigenvalue weighted by molar-refractivity contribution is 5.99. The van der Waals surface area contributed by atoms with Crippen LogP contribution in [0.15, 0.2) is 60.7 Å². The molecule has 5 nitrogen and oxygen atoms in total. The van der Waals surface area contributed by atoms with Gasteiger partial charge in [-0.1, -0.05) is 38.1 Å². The fourth-order valence-corrected chi connectivity index (χ4v) is 2.29. The van der Waals surface area contributed by atoms with E-state index in [2.05, 4.69) is 0 Å². The Morgan fingerprint density at radius 2 is 1.07 bits per heavy atom. The second-order valence-electron chi connectivity index (χ2n) is 6.24. The third-order valence-electron chi connectivity index (χ3n) is 3.73. The molecule has 152 valence electrons. The molecule has 0 saturated carbocycles. The standard InChI is InChI=1S/C24H26O5/c1-3-17-27-21-11-5-19(6-12-21)9-15-23(25)29-24(26)16-10-20-7-13-22(14-8-20)28-18-4-2/h5-16H,3-4,17-18H2,1-2H3. The highest BCUT2D eigenvalue weighted by Crippen LogP contribution is 2.14. The van der Waals surface area contributed by atoms with Crippen LogP contribution >= 0.6 is 0 Å². The fourth-order valence-electron chi connectivity index (χ4n) is 2.29. The maximum atomic E-state index is 11.8. The van der Waals surface area contributed by atoms with Gasteiger partial charge in [-0.25, -0.2) is 9.59 Å². The lowest BCUT2D eigenvalue weighted by molar-refractivity contribution is -0.152. The van der Waals surface area contributed by atoms with Crippen molar-refractivity contribution in [3.05, 3.63) is 71.8 Å². The molecule has 0 atom stereocenters. The Hall–Kier alpha value is -3.34. The molecule has 0 aliphatic rings. The lowest BCUT2D eigenvalue weighted by Gasteiger charge is -2.04. The number of hydrogen-bond acceptors (Lipinski definition) is 5. The first-order chi connectivity index (χ1) is 14.1. The minimum atomic E-state index is -0.728. The quantitative estimate of drug-likeness (QED) is 0.320. The molecular weight excluding hydrogens is 368 g/mol. The summed E-state index contributed by atoms with van der Waals surface area (Å²) in [6, 6.07) is 14.6. The van der Waals surface area contributed by atoms with E-state index in [0.717, 1.165) is 35.5 Å². The Morgan fingerprint density at radius 3 is 1.41 bits per heavy atom. The summed E-state index contributed by atoms with van der Waals surface area (Å²) >= 11 is 0. The molecule has 0 spiro atoms. The number of benzene rings is 2. The van der Waals surface area contributed by atoms with Crippen molar-refractivity contribution >= 4 is 24.1 Å². The Balaban J connectivity index is 1.81. The van der Waals surface area contributed by atoms with Crippen LogP contribution in [0.1, 0.15) is 37.8 Å². The molecule has 5 heteroatoms. The van der Waals surface area contributed by atoms with Gasteiger partial charge < -0.3 is 14.2 Å². The van der Waals surface area contributed by atoms with Crippen LogP contribution < -0.4 is 9.47 Å². The van der Waals surface area contributed by atoms with Gasteiger partial charge in [0.25, 0.3) is 0 Å². The Labute approximate surface area is 171 Å². The van der Waals surface area contributed by atoms with Gasteiger partial charge in [-0.2, -0.15) is 0 Å². The zero-order valence-corrected chi connectivity index (χ0v) is 16.8. The van der Waals surface area contributed by atoms with Crippen LogP contribution in [0, 0.1) is 0 Å². The van der Waals surface area contributed by atoms with E-state index in [1.54, 1.807) is 12.2 Å². The van der Waals surface area contributed by atoms with Crippen LogP contribution in [0.5, 0.6) is 11.5 Å². The third kappa shape index (κ3) is 8.47. The summed E-state index contributed by atoms with van der Waals surface area (Å²) in [5.41, 5.74) is 1.61. The highest BCUT2D eigenvalue weighted by atomic mass is 16.6. The van der Waals surface area contributed by atoms with Crippen molar-refractivity contribution in [1.82, 2.24) is 0 Å². The lowest BCUT2D eigenvalue weighted by Crippen LogP contribution is -2.06. The molecule has 0 aromatic heterocycles. The van der Waals surface area contributed by atoms with Gasteiger partial charge in [0.05, 0.1) is 13.2 Å². The van der Waals surface area contributed by atoms with Crippen molar-refractivity contribution in [3.63, 3.8) is 0 Å². The Bertz CT molecular complexity index is 761. The second-order valence-corrected chi connectivity index (χ2v) is 6.24. The molecule has 0 unspecified atom stereocenters. The molecule has 0 amide bonds. The maximum absolute atomic E-state index is 11.8. The van der Waals surface area contributed by atoms with Crippen LogP contribution in [-0.2, 0) is 14.3 Å². The molecular formula is C24H26O5. The van der Waals surface area contributed by atoms with E-state index in [1.807, 2.05) is 62.4 Å². The van der Waals surface area contributed by atoms with Gasteiger partial charge in [-0.05, 0) is 60.4 Å². The highest BCUT2D eigenvalue weighted by Gasteiger charge is 2.04. The second kappa shape index (κ2) is 12.2. The molecule has 0 aliphatic heterocycles. The number of ether oxygens (including phenoxy) is 3. The molecule has 2 aromatic carbocycles. The van der Waals surface area contributed by atoms with E-state index in [1.165, 1.54) is 12.2 Å². The lowest BCUT2D eigenvalue weighted by atomic mass is 10.2. The SMILES string of the molecule is CCCOc1ccc(C=CC(=O)OC(=O)C=Cc2ccc(OCCC)cc2)cc1. The van der Waals surface area contributed by atoms with Crippen molar-refractivity contribution in [2.75, 3.05) is 13.2 Å². The van der Waals surface area contributed by atoms with E-state index in [4.69, 9.17) is 14.2 Å². The first-order valence-electron chi connectivity index (χ1n) is 9.68. The monoisotopic (exact) mass is 394 g/mol. The van der Waals surface area contributed by atoms with Crippen LogP contribution in [0.25, 0.3) is 12.2 Å². The largest absolute Gasteiger partial charge is 0.494 e. The summed E-state index contributed by atoms with van der Waals surface area (Å²) in [6.07, 6.45) is 7.47. The van der Waals surface area contributed by atoms with Gasteiger partial charge in [0.2, 0.25) is 0 Å². The van der Waals surface area contributed by atoms with E-state index in [0.29, 0.717) is 13.2 Å². The van der Waals surface area contributed by atoms with Crippen LogP contribution in [0.3, 0.4) is 0 Å². The first kappa shape index (κ1) is 22.0. The maximum Gasteiger partial charge on any atom is 0.338 e. The predicted molar refractivity (Wildman–Crippen MR) is 114 cm³/mol. The smallest absolute Gasteiger partial charge is 0.338 e. The van der Waals surface area contributed by atoms with E-state index in [9.17, 15) is 9.59 Å². The van der Waals surface area contributed by atoms with Crippen LogP contribution in [0.2, 0.25) is 0 Å². The van der Waals surface area contributed by atoms with Crippen molar-refractivity contribution in [2.45, 2.75) is 26.7 Å². The molecule has 0 bridgehead atoms. The molecule has 0 saturated heterocycles. The number of hydrogen-bond donors (Lipinski definition) is 0. The normalized spacial score (nSPS) is 11.0. The minimum absolute atomic E-state index is 0.661. The average molecular weight is 394 g/mol. The minimum Gasteiger partial charge on any atom is -0.494 e. The number of esters is 2. The number of carbonyl (C=O) groups excluding carboxylic acids is 2. The fraction of sp³-hybridized carbons (Fsp3) is 0.250. The van der Waals surface area contributed by atoms with Gasteiger partial charge in [0, 0.05) is 12.2 Å². The third-order valence-corrected chi connectivity index (χ3v) is 3.73. The number of rotatable bonds is 10.